The van der Waals surface area contributed by atoms with E-state index in [2.05, 4.69) is 67.0 Å². The topological polar surface area (TPSA) is 36.0 Å². The highest BCUT2D eigenvalue weighted by Gasteiger charge is 2.29. The third-order valence-corrected chi connectivity index (χ3v) is 8.46. The Morgan fingerprint density at radius 3 is 2.38 bits per heavy atom. The maximum absolute atomic E-state index is 13.0. The molecular weight excluding hydrogens is 502 g/mol. The maximum atomic E-state index is 13.0. The van der Waals surface area contributed by atoms with Gasteiger partial charge in [-0.1, -0.05) is 56.3 Å². The summed E-state index contributed by atoms with van der Waals surface area (Å²) >= 11 is 8.17. The zero-order valence-corrected chi connectivity index (χ0v) is 24.6. The molecule has 4 rings (SSSR count). The van der Waals surface area contributed by atoms with Crippen molar-refractivity contribution in [2.45, 2.75) is 69.3 Å². The summed E-state index contributed by atoms with van der Waals surface area (Å²) in [5.74, 6) is 0.205. The Morgan fingerprint density at radius 2 is 1.65 bits per heavy atom. The van der Waals surface area contributed by atoms with Crippen molar-refractivity contribution < 1.29 is 9.53 Å². The summed E-state index contributed by atoms with van der Waals surface area (Å²) in [5.41, 5.74) is 2.26. The number of hydrogen-bond acceptors (Lipinski definition) is 5. The van der Waals surface area contributed by atoms with E-state index in [0.29, 0.717) is 13.0 Å². The van der Waals surface area contributed by atoms with Gasteiger partial charge in [0.15, 0.2) is 0 Å². The van der Waals surface area contributed by atoms with Crippen molar-refractivity contribution >= 4 is 40.6 Å². The number of piperazine rings is 1. The molecule has 0 spiro atoms. The molecule has 0 aromatic heterocycles. The summed E-state index contributed by atoms with van der Waals surface area (Å²) in [6.07, 6.45) is 2.48. The lowest BCUT2D eigenvalue weighted by Gasteiger charge is -2.37. The number of para-hydroxylation sites is 1. The minimum Gasteiger partial charge on any atom is -0.375 e. The molecule has 0 aliphatic carbocycles. The Labute approximate surface area is 232 Å². The van der Waals surface area contributed by atoms with Crippen LogP contribution in [0.2, 0.25) is 5.02 Å². The van der Waals surface area contributed by atoms with Crippen LogP contribution >= 0.6 is 23.4 Å². The van der Waals surface area contributed by atoms with Crippen molar-refractivity contribution in [3.05, 3.63) is 47.5 Å². The molecule has 1 amide bonds. The van der Waals surface area contributed by atoms with Gasteiger partial charge in [-0.2, -0.15) is 0 Å². The van der Waals surface area contributed by atoms with Crippen molar-refractivity contribution in [3.8, 4) is 0 Å². The monoisotopic (exact) mass is 543 g/mol. The summed E-state index contributed by atoms with van der Waals surface area (Å²) in [4.78, 5) is 22.4. The molecule has 1 fully saturated rings. The number of benzene rings is 2. The first kappa shape index (κ1) is 28.3. The number of fused-ring (bicyclic) bond motifs is 2. The van der Waals surface area contributed by atoms with Gasteiger partial charge in [0.05, 0.1) is 23.4 Å². The molecule has 2 aromatic carbocycles. The van der Waals surface area contributed by atoms with E-state index in [1.165, 1.54) is 21.2 Å². The Balaban J connectivity index is 1.24. The zero-order chi connectivity index (χ0) is 26.6. The Hall–Kier alpha value is -1.73. The lowest BCUT2D eigenvalue weighted by Crippen LogP contribution is -2.50. The van der Waals surface area contributed by atoms with Gasteiger partial charge in [-0.25, -0.2) is 0 Å². The molecule has 202 valence electrons. The van der Waals surface area contributed by atoms with Gasteiger partial charge < -0.3 is 14.5 Å². The molecule has 1 saturated heterocycles. The Morgan fingerprint density at radius 1 is 0.946 bits per heavy atom. The number of hydrogen-bond donors (Lipinski definition) is 0. The molecule has 2 heterocycles. The number of carbonyl (C=O) groups excluding carboxylic acids is 1. The largest absolute Gasteiger partial charge is 0.375 e. The maximum Gasteiger partial charge on any atom is 0.225 e. The molecular formula is C30H42ClN3O2S. The van der Waals surface area contributed by atoms with Gasteiger partial charge in [0, 0.05) is 54.1 Å². The number of halogens is 1. The Bertz CT molecular complexity index is 1080. The summed E-state index contributed by atoms with van der Waals surface area (Å²) in [6.45, 7) is 16.8. The molecule has 2 aliphatic heterocycles. The van der Waals surface area contributed by atoms with Crippen LogP contribution in [0.3, 0.4) is 0 Å². The van der Waals surface area contributed by atoms with Crippen LogP contribution in [-0.4, -0.2) is 67.2 Å². The minimum atomic E-state index is -0.429. The van der Waals surface area contributed by atoms with Gasteiger partial charge in [0.25, 0.3) is 0 Å². The van der Waals surface area contributed by atoms with Crippen molar-refractivity contribution in [2.75, 3.05) is 50.8 Å². The number of rotatable bonds is 9. The molecule has 0 saturated carbocycles. The van der Waals surface area contributed by atoms with Crippen LogP contribution in [0.4, 0.5) is 11.4 Å². The standard InChI is InChI=1S/C30H42ClN3O2S/c1-29(2,3)13-20-36-30(4,5)22-28(35)33-18-16-32(17-19-33)14-8-15-34-24-9-6-7-10-26(24)37-27-12-11-23(31)21-25(27)34/h6-7,9-12,21H,8,13-20,22H2,1-5H3. The lowest BCUT2D eigenvalue weighted by molar-refractivity contribution is -0.139. The zero-order valence-electron chi connectivity index (χ0n) is 23.1. The third-order valence-electron chi connectivity index (χ3n) is 7.09. The van der Waals surface area contributed by atoms with Crippen molar-refractivity contribution in [3.63, 3.8) is 0 Å². The first-order valence-corrected chi connectivity index (χ1v) is 14.7. The fourth-order valence-electron chi connectivity index (χ4n) is 4.88. The van der Waals surface area contributed by atoms with Crippen molar-refractivity contribution in [2.24, 2.45) is 5.41 Å². The second-order valence-electron chi connectivity index (χ2n) is 12.0. The van der Waals surface area contributed by atoms with E-state index in [9.17, 15) is 4.79 Å². The fraction of sp³-hybridized carbons (Fsp3) is 0.567. The molecule has 2 aromatic rings. The average Bonchev–Trinajstić information content (AvgIpc) is 2.83. The molecule has 0 N–H and O–H groups in total. The van der Waals surface area contributed by atoms with E-state index in [1.54, 1.807) is 0 Å². The molecule has 0 atom stereocenters. The number of amides is 1. The number of carbonyl (C=O) groups is 1. The van der Waals surface area contributed by atoms with Gasteiger partial charge in [-0.15, -0.1) is 0 Å². The molecule has 5 nitrogen and oxygen atoms in total. The second kappa shape index (κ2) is 12.0. The van der Waals surface area contributed by atoms with E-state index in [0.717, 1.165) is 57.1 Å². The smallest absolute Gasteiger partial charge is 0.225 e. The minimum absolute atomic E-state index is 0.205. The van der Waals surface area contributed by atoms with E-state index < -0.39 is 5.60 Å². The average molecular weight is 544 g/mol. The summed E-state index contributed by atoms with van der Waals surface area (Å²) in [5, 5.41) is 0.771. The van der Waals surface area contributed by atoms with Gasteiger partial charge in [0.2, 0.25) is 5.91 Å². The normalized spacial score (nSPS) is 16.5. The SMILES string of the molecule is CC(C)(C)CCOC(C)(C)CC(=O)N1CCN(CCCN2c3ccccc3Sc3ccc(Cl)cc32)CC1. The van der Waals surface area contributed by atoms with Gasteiger partial charge in [0.1, 0.15) is 0 Å². The summed E-state index contributed by atoms with van der Waals surface area (Å²) in [7, 11) is 0. The lowest BCUT2D eigenvalue weighted by atomic mass is 9.93. The molecule has 0 radical (unpaired) electrons. The second-order valence-corrected chi connectivity index (χ2v) is 13.5. The van der Waals surface area contributed by atoms with E-state index in [-0.39, 0.29) is 11.3 Å². The highest BCUT2D eigenvalue weighted by molar-refractivity contribution is 7.99. The first-order valence-electron chi connectivity index (χ1n) is 13.5. The quantitative estimate of drug-likeness (QED) is 0.337. The number of nitrogens with zero attached hydrogens (tertiary/aromatic N) is 3. The van der Waals surface area contributed by atoms with Gasteiger partial charge >= 0.3 is 0 Å². The molecule has 7 heteroatoms. The van der Waals surface area contributed by atoms with E-state index >= 15 is 0 Å². The number of anilines is 2. The van der Waals surface area contributed by atoms with Crippen molar-refractivity contribution in [1.29, 1.82) is 0 Å². The van der Waals surface area contributed by atoms with Crippen LogP contribution < -0.4 is 4.90 Å². The van der Waals surface area contributed by atoms with Crippen LogP contribution in [0.5, 0.6) is 0 Å². The van der Waals surface area contributed by atoms with Crippen LogP contribution in [0.1, 0.15) is 53.9 Å². The first-order chi connectivity index (χ1) is 17.5. The predicted octanol–water partition coefficient (Wildman–Crippen LogP) is 7.10. The summed E-state index contributed by atoms with van der Waals surface area (Å²) < 4.78 is 6.08. The molecule has 37 heavy (non-hydrogen) atoms. The predicted molar refractivity (Wildman–Crippen MR) is 155 cm³/mol. The van der Waals surface area contributed by atoms with Crippen LogP contribution in [-0.2, 0) is 9.53 Å². The number of ether oxygens (including phenoxy) is 1. The molecule has 0 bridgehead atoms. The van der Waals surface area contributed by atoms with Gasteiger partial charge in [-0.05, 0) is 69.0 Å². The molecule has 2 aliphatic rings. The Kier molecular flexibility index (Phi) is 9.16. The highest BCUT2D eigenvalue weighted by Crippen LogP contribution is 2.48. The highest BCUT2D eigenvalue weighted by atomic mass is 35.5. The fourth-order valence-corrected chi connectivity index (χ4v) is 6.12. The van der Waals surface area contributed by atoms with Crippen LogP contribution in [0.15, 0.2) is 52.3 Å². The van der Waals surface area contributed by atoms with Gasteiger partial charge in [-0.3, -0.25) is 9.69 Å². The molecule has 0 unspecified atom stereocenters. The van der Waals surface area contributed by atoms with E-state index in [4.69, 9.17) is 16.3 Å². The summed E-state index contributed by atoms with van der Waals surface area (Å²) in [6, 6.07) is 14.8. The van der Waals surface area contributed by atoms with Crippen LogP contribution in [0, 0.1) is 5.41 Å². The third kappa shape index (κ3) is 7.89. The van der Waals surface area contributed by atoms with Crippen molar-refractivity contribution in [1.82, 2.24) is 9.80 Å². The van der Waals surface area contributed by atoms with Crippen LogP contribution in [0.25, 0.3) is 0 Å². The van der Waals surface area contributed by atoms with E-state index in [1.807, 2.05) is 36.6 Å².